The molecule has 0 saturated carbocycles. The fourth-order valence-corrected chi connectivity index (χ4v) is 2.24. The zero-order chi connectivity index (χ0) is 16.8. The second kappa shape index (κ2) is 9.10. The van der Waals surface area contributed by atoms with Crippen LogP contribution in [-0.2, 0) is 23.0 Å². The summed E-state index contributed by atoms with van der Waals surface area (Å²) in [5.74, 6) is -0.723. The van der Waals surface area contributed by atoms with E-state index < -0.39 is 12.0 Å². The first-order valence-corrected chi connectivity index (χ1v) is 7.45. The SMILES string of the molecule is CCOC(=O)c1cc(NC(=O)[C@@H](N)Cc2ccccc2)cn1C.Cl. The van der Waals surface area contributed by atoms with E-state index in [1.165, 1.54) is 0 Å². The number of halogens is 1. The van der Waals surface area contributed by atoms with Crippen LogP contribution in [0.2, 0.25) is 0 Å². The van der Waals surface area contributed by atoms with Gasteiger partial charge in [0.25, 0.3) is 0 Å². The van der Waals surface area contributed by atoms with Crippen molar-refractivity contribution in [3.8, 4) is 0 Å². The third-order valence-corrected chi connectivity index (χ3v) is 3.39. The lowest BCUT2D eigenvalue weighted by Gasteiger charge is -2.11. The number of benzene rings is 1. The van der Waals surface area contributed by atoms with Crippen molar-refractivity contribution in [2.45, 2.75) is 19.4 Å². The van der Waals surface area contributed by atoms with Crippen LogP contribution in [0.1, 0.15) is 23.0 Å². The Hall–Kier alpha value is -2.31. The summed E-state index contributed by atoms with van der Waals surface area (Å²) in [6.07, 6.45) is 2.10. The second-order valence-electron chi connectivity index (χ2n) is 5.23. The molecule has 0 bridgehead atoms. The van der Waals surface area contributed by atoms with E-state index >= 15 is 0 Å². The highest BCUT2D eigenvalue weighted by atomic mass is 35.5. The van der Waals surface area contributed by atoms with Crippen LogP contribution < -0.4 is 11.1 Å². The van der Waals surface area contributed by atoms with Gasteiger partial charge in [-0.3, -0.25) is 4.79 Å². The molecule has 24 heavy (non-hydrogen) atoms. The lowest BCUT2D eigenvalue weighted by Crippen LogP contribution is -2.37. The van der Waals surface area contributed by atoms with Crippen molar-refractivity contribution in [3.05, 3.63) is 53.9 Å². The van der Waals surface area contributed by atoms with E-state index in [0.29, 0.717) is 24.4 Å². The molecule has 1 aromatic carbocycles. The van der Waals surface area contributed by atoms with E-state index in [1.54, 1.807) is 30.8 Å². The molecule has 0 unspecified atom stereocenters. The van der Waals surface area contributed by atoms with Gasteiger partial charge in [-0.1, -0.05) is 30.3 Å². The third-order valence-electron chi connectivity index (χ3n) is 3.39. The number of rotatable bonds is 6. The molecule has 3 N–H and O–H groups in total. The van der Waals surface area contributed by atoms with E-state index in [0.717, 1.165) is 5.56 Å². The molecule has 0 radical (unpaired) electrons. The lowest BCUT2D eigenvalue weighted by atomic mass is 10.1. The smallest absolute Gasteiger partial charge is 0.355 e. The molecule has 6 nitrogen and oxygen atoms in total. The van der Waals surface area contributed by atoms with E-state index in [1.807, 2.05) is 30.3 Å². The molecule has 0 saturated heterocycles. The first-order chi connectivity index (χ1) is 11.0. The number of amides is 1. The molecule has 1 atom stereocenters. The molecule has 2 aromatic rings. The summed E-state index contributed by atoms with van der Waals surface area (Å²) in [4.78, 5) is 23.9. The number of anilines is 1. The molecular formula is C17H22ClN3O3. The minimum atomic E-state index is -0.663. The number of esters is 1. The van der Waals surface area contributed by atoms with Gasteiger partial charge in [0, 0.05) is 13.2 Å². The zero-order valence-electron chi connectivity index (χ0n) is 13.7. The Balaban J connectivity index is 0.00000288. The van der Waals surface area contributed by atoms with Crippen molar-refractivity contribution in [2.75, 3.05) is 11.9 Å². The Morgan fingerprint density at radius 1 is 1.29 bits per heavy atom. The molecule has 2 rings (SSSR count). The molecule has 7 heteroatoms. The van der Waals surface area contributed by atoms with Crippen LogP contribution in [0.25, 0.3) is 0 Å². The van der Waals surface area contributed by atoms with Gasteiger partial charge >= 0.3 is 5.97 Å². The zero-order valence-corrected chi connectivity index (χ0v) is 14.5. The van der Waals surface area contributed by atoms with Crippen molar-refractivity contribution in [2.24, 2.45) is 12.8 Å². The molecule has 0 fully saturated rings. The number of aromatic nitrogens is 1. The molecule has 1 amide bonds. The summed E-state index contributed by atoms with van der Waals surface area (Å²) in [6, 6.07) is 10.5. The highest BCUT2D eigenvalue weighted by Crippen LogP contribution is 2.14. The number of nitrogens with zero attached hydrogens (tertiary/aromatic N) is 1. The highest BCUT2D eigenvalue weighted by Gasteiger charge is 2.17. The average molecular weight is 352 g/mol. The molecule has 130 valence electrons. The van der Waals surface area contributed by atoms with Crippen molar-refractivity contribution in [1.29, 1.82) is 0 Å². The van der Waals surface area contributed by atoms with Crippen LogP contribution in [0.15, 0.2) is 42.6 Å². The third kappa shape index (κ3) is 5.11. The van der Waals surface area contributed by atoms with Crippen LogP contribution in [0.5, 0.6) is 0 Å². The molecule has 1 aromatic heterocycles. The molecule has 0 aliphatic rings. The monoisotopic (exact) mass is 351 g/mol. The quantitative estimate of drug-likeness (QED) is 0.780. The summed E-state index contributed by atoms with van der Waals surface area (Å²) in [5, 5.41) is 2.73. The topological polar surface area (TPSA) is 86.3 Å². The number of nitrogens with two attached hydrogens (primary N) is 1. The van der Waals surface area contributed by atoms with Crippen LogP contribution in [-0.4, -0.2) is 29.1 Å². The van der Waals surface area contributed by atoms with Crippen LogP contribution in [0.4, 0.5) is 5.69 Å². The molecule has 0 aliphatic carbocycles. The van der Waals surface area contributed by atoms with Gasteiger partial charge in [0.05, 0.1) is 18.3 Å². The average Bonchev–Trinajstić information content (AvgIpc) is 2.89. The normalized spacial score (nSPS) is 11.3. The summed E-state index contributed by atoms with van der Waals surface area (Å²) < 4.78 is 6.56. The van der Waals surface area contributed by atoms with Crippen molar-refractivity contribution in [1.82, 2.24) is 4.57 Å². The Morgan fingerprint density at radius 3 is 2.58 bits per heavy atom. The summed E-state index contributed by atoms with van der Waals surface area (Å²) in [7, 11) is 1.71. The number of nitrogens with one attached hydrogen (secondary N) is 1. The summed E-state index contributed by atoms with van der Waals surface area (Å²) in [6.45, 7) is 2.04. The Morgan fingerprint density at radius 2 is 1.96 bits per heavy atom. The number of aryl methyl sites for hydroxylation is 1. The van der Waals surface area contributed by atoms with Crippen LogP contribution in [0.3, 0.4) is 0 Å². The molecular weight excluding hydrogens is 330 g/mol. The first kappa shape index (κ1) is 19.7. The summed E-state index contributed by atoms with van der Waals surface area (Å²) in [5.41, 5.74) is 7.83. The van der Waals surface area contributed by atoms with Gasteiger partial charge in [-0.05, 0) is 25.0 Å². The maximum atomic E-state index is 12.2. The second-order valence-corrected chi connectivity index (χ2v) is 5.23. The lowest BCUT2D eigenvalue weighted by molar-refractivity contribution is -0.117. The minimum absolute atomic E-state index is 0. The highest BCUT2D eigenvalue weighted by molar-refractivity contribution is 5.96. The van der Waals surface area contributed by atoms with Gasteiger partial charge in [0.15, 0.2) is 0 Å². The summed E-state index contributed by atoms with van der Waals surface area (Å²) >= 11 is 0. The fourth-order valence-electron chi connectivity index (χ4n) is 2.24. The Kier molecular flexibility index (Phi) is 7.48. The fraction of sp³-hybridized carbons (Fsp3) is 0.294. The predicted octanol–water partition coefficient (Wildman–Crippen LogP) is 2.13. The van der Waals surface area contributed by atoms with Gasteiger partial charge in [0.1, 0.15) is 5.69 Å². The van der Waals surface area contributed by atoms with Crippen LogP contribution in [0, 0.1) is 0 Å². The van der Waals surface area contributed by atoms with Gasteiger partial charge in [-0.15, -0.1) is 12.4 Å². The first-order valence-electron chi connectivity index (χ1n) is 7.45. The molecule has 0 aliphatic heterocycles. The van der Waals surface area contributed by atoms with Crippen molar-refractivity contribution < 1.29 is 14.3 Å². The largest absolute Gasteiger partial charge is 0.461 e. The van der Waals surface area contributed by atoms with E-state index in [4.69, 9.17) is 10.5 Å². The maximum absolute atomic E-state index is 12.2. The van der Waals surface area contributed by atoms with Crippen molar-refractivity contribution in [3.63, 3.8) is 0 Å². The number of hydrogen-bond donors (Lipinski definition) is 2. The number of hydrogen-bond acceptors (Lipinski definition) is 4. The van der Waals surface area contributed by atoms with Gasteiger partial charge in [0.2, 0.25) is 5.91 Å². The van der Waals surface area contributed by atoms with Gasteiger partial charge < -0.3 is 20.4 Å². The minimum Gasteiger partial charge on any atom is -0.461 e. The molecule has 1 heterocycles. The van der Waals surface area contributed by atoms with E-state index in [-0.39, 0.29) is 18.3 Å². The van der Waals surface area contributed by atoms with Crippen LogP contribution >= 0.6 is 12.4 Å². The van der Waals surface area contributed by atoms with Gasteiger partial charge in [-0.25, -0.2) is 4.79 Å². The number of carbonyl (C=O) groups excluding carboxylic acids is 2. The Bertz CT molecular complexity index is 686. The van der Waals surface area contributed by atoms with E-state index in [2.05, 4.69) is 5.32 Å². The van der Waals surface area contributed by atoms with Gasteiger partial charge in [-0.2, -0.15) is 0 Å². The van der Waals surface area contributed by atoms with E-state index in [9.17, 15) is 9.59 Å². The number of carbonyl (C=O) groups is 2. The van der Waals surface area contributed by atoms with Crippen molar-refractivity contribution >= 4 is 30.0 Å². The predicted molar refractivity (Wildman–Crippen MR) is 95.4 cm³/mol. The number of ether oxygens (including phenoxy) is 1. The Labute approximate surface area is 147 Å². The standard InChI is InChI=1S/C17H21N3O3.ClH/c1-3-23-17(22)15-10-13(11-20(15)2)19-16(21)14(18)9-12-7-5-4-6-8-12;/h4-8,10-11,14H,3,9,18H2,1-2H3,(H,19,21);1H/t14-;/m0./s1. The maximum Gasteiger partial charge on any atom is 0.355 e. The molecule has 0 spiro atoms.